The van der Waals surface area contributed by atoms with Crippen molar-refractivity contribution in [3.05, 3.63) is 65.9 Å². The summed E-state index contributed by atoms with van der Waals surface area (Å²) in [5.74, 6) is 0.186. The Balaban J connectivity index is 1.79. The van der Waals surface area contributed by atoms with Gasteiger partial charge in [-0.05, 0) is 18.2 Å². The molecule has 1 N–H and O–H groups in total. The number of hydrogen-bond donors (Lipinski definition) is 1. The predicted octanol–water partition coefficient (Wildman–Crippen LogP) is 3.99. The number of nitrogens with zero attached hydrogens (tertiary/aromatic N) is 2. The zero-order valence-electron chi connectivity index (χ0n) is 13.4. The molecule has 0 fully saturated rings. The molecule has 0 aliphatic heterocycles. The molecule has 1 heterocycles. The lowest BCUT2D eigenvalue weighted by atomic mass is 10.1. The molecule has 0 saturated heterocycles. The predicted molar refractivity (Wildman–Crippen MR) is 88.9 cm³/mol. The largest absolute Gasteiger partial charge is 0.497 e. The van der Waals surface area contributed by atoms with Crippen LogP contribution in [0.3, 0.4) is 0 Å². The van der Waals surface area contributed by atoms with Crippen molar-refractivity contribution in [1.29, 1.82) is 0 Å². The maximum Gasteiger partial charge on any atom is 0.203 e. The van der Waals surface area contributed by atoms with E-state index in [1.807, 2.05) is 35.9 Å². The minimum Gasteiger partial charge on any atom is -0.497 e. The van der Waals surface area contributed by atoms with Gasteiger partial charge < -0.3 is 14.6 Å². The first-order valence-electron chi connectivity index (χ1n) is 7.42. The number of nitrogens with one attached hydrogen (secondary N) is 1. The third kappa shape index (κ3) is 3.22. The van der Waals surface area contributed by atoms with Crippen molar-refractivity contribution >= 4 is 5.95 Å². The summed E-state index contributed by atoms with van der Waals surface area (Å²) in [7, 11) is 3.48. The fourth-order valence-corrected chi connectivity index (χ4v) is 2.46. The van der Waals surface area contributed by atoms with Crippen LogP contribution in [-0.2, 0) is 13.6 Å². The molecule has 3 aromatic rings. The summed E-state index contributed by atoms with van der Waals surface area (Å²) in [6.07, 6.45) is 1.73. The topological polar surface area (TPSA) is 39.1 Å². The van der Waals surface area contributed by atoms with Gasteiger partial charge in [0.15, 0.2) is 0 Å². The van der Waals surface area contributed by atoms with Crippen molar-refractivity contribution in [2.45, 2.75) is 6.54 Å². The normalized spacial score (nSPS) is 10.7. The van der Waals surface area contributed by atoms with Gasteiger partial charge in [0, 0.05) is 30.8 Å². The summed E-state index contributed by atoms with van der Waals surface area (Å²) in [6.45, 7) is 0.217. The number of ether oxygens (including phenoxy) is 1. The minimum atomic E-state index is -0.589. The first-order chi connectivity index (χ1) is 11.6. The SMILES string of the molecule is COc1cccc(-c2cnc(NCc3ccc(F)cc3F)n2C)c1. The molecule has 6 heteroatoms. The second-order valence-electron chi connectivity index (χ2n) is 5.35. The van der Waals surface area contributed by atoms with Crippen LogP contribution in [0.5, 0.6) is 5.75 Å². The summed E-state index contributed by atoms with van der Waals surface area (Å²) in [4.78, 5) is 4.32. The molecular weight excluding hydrogens is 312 g/mol. The van der Waals surface area contributed by atoms with E-state index in [4.69, 9.17) is 4.74 Å². The van der Waals surface area contributed by atoms with Crippen molar-refractivity contribution in [1.82, 2.24) is 9.55 Å². The monoisotopic (exact) mass is 329 g/mol. The third-order valence-corrected chi connectivity index (χ3v) is 3.81. The fraction of sp³-hybridized carbons (Fsp3) is 0.167. The number of methoxy groups -OCH3 is 1. The van der Waals surface area contributed by atoms with Gasteiger partial charge in [0.25, 0.3) is 0 Å². The summed E-state index contributed by atoms with van der Waals surface area (Å²) < 4.78 is 33.7. The summed E-state index contributed by atoms with van der Waals surface area (Å²) in [5, 5.41) is 3.07. The molecule has 4 nitrogen and oxygen atoms in total. The Kier molecular flexibility index (Phi) is 4.46. The molecule has 0 atom stereocenters. The Morgan fingerprint density at radius 3 is 2.75 bits per heavy atom. The summed E-state index contributed by atoms with van der Waals surface area (Å²) in [5.41, 5.74) is 2.24. The molecule has 0 bridgehead atoms. The number of hydrogen-bond acceptors (Lipinski definition) is 3. The maximum absolute atomic E-state index is 13.7. The first kappa shape index (κ1) is 16.0. The van der Waals surface area contributed by atoms with Crippen LogP contribution in [0.1, 0.15) is 5.56 Å². The van der Waals surface area contributed by atoms with Crippen molar-refractivity contribution in [3.8, 4) is 17.0 Å². The molecule has 0 aliphatic rings. The van der Waals surface area contributed by atoms with Gasteiger partial charge in [-0.3, -0.25) is 0 Å². The molecule has 24 heavy (non-hydrogen) atoms. The van der Waals surface area contributed by atoms with Crippen LogP contribution in [0.2, 0.25) is 0 Å². The van der Waals surface area contributed by atoms with E-state index in [1.54, 1.807) is 13.3 Å². The van der Waals surface area contributed by atoms with Crippen LogP contribution in [0, 0.1) is 11.6 Å². The number of aromatic nitrogens is 2. The number of benzene rings is 2. The van der Waals surface area contributed by atoms with E-state index in [0.29, 0.717) is 11.5 Å². The highest BCUT2D eigenvalue weighted by Crippen LogP contribution is 2.25. The number of anilines is 1. The highest BCUT2D eigenvalue weighted by Gasteiger charge is 2.10. The van der Waals surface area contributed by atoms with E-state index in [1.165, 1.54) is 12.1 Å². The van der Waals surface area contributed by atoms with E-state index in [0.717, 1.165) is 23.1 Å². The fourth-order valence-electron chi connectivity index (χ4n) is 2.46. The Labute approximate surface area is 138 Å². The van der Waals surface area contributed by atoms with Crippen LogP contribution in [-0.4, -0.2) is 16.7 Å². The average Bonchev–Trinajstić information content (AvgIpc) is 2.95. The van der Waals surface area contributed by atoms with Gasteiger partial charge >= 0.3 is 0 Å². The lowest BCUT2D eigenvalue weighted by molar-refractivity contribution is 0.415. The van der Waals surface area contributed by atoms with Crippen molar-refractivity contribution < 1.29 is 13.5 Å². The summed E-state index contributed by atoms with van der Waals surface area (Å²) in [6, 6.07) is 11.2. The van der Waals surface area contributed by atoms with Gasteiger partial charge in [0.2, 0.25) is 5.95 Å². The second-order valence-corrected chi connectivity index (χ2v) is 5.35. The number of rotatable bonds is 5. The molecule has 3 rings (SSSR count). The Morgan fingerprint density at radius 1 is 1.17 bits per heavy atom. The lowest BCUT2D eigenvalue weighted by Crippen LogP contribution is -2.07. The van der Waals surface area contributed by atoms with Gasteiger partial charge in [0.05, 0.1) is 19.0 Å². The molecule has 124 valence electrons. The van der Waals surface area contributed by atoms with E-state index < -0.39 is 11.6 Å². The zero-order chi connectivity index (χ0) is 17.1. The van der Waals surface area contributed by atoms with Crippen LogP contribution in [0.15, 0.2) is 48.7 Å². The Morgan fingerprint density at radius 2 is 2.00 bits per heavy atom. The van der Waals surface area contributed by atoms with Gasteiger partial charge in [-0.2, -0.15) is 0 Å². The maximum atomic E-state index is 13.7. The lowest BCUT2D eigenvalue weighted by Gasteiger charge is -2.10. The third-order valence-electron chi connectivity index (χ3n) is 3.81. The highest BCUT2D eigenvalue weighted by atomic mass is 19.1. The second kappa shape index (κ2) is 6.70. The van der Waals surface area contributed by atoms with Gasteiger partial charge in [-0.1, -0.05) is 18.2 Å². The van der Waals surface area contributed by atoms with Crippen molar-refractivity contribution in [2.24, 2.45) is 7.05 Å². The molecule has 0 unspecified atom stereocenters. The van der Waals surface area contributed by atoms with Crippen molar-refractivity contribution in [3.63, 3.8) is 0 Å². The van der Waals surface area contributed by atoms with Crippen LogP contribution >= 0.6 is 0 Å². The molecule has 1 aromatic heterocycles. The summed E-state index contributed by atoms with van der Waals surface area (Å²) >= 11 is 0. The standard InChI is InChI=1S/C18H17F2N3O/c1-23-17(12-4-3-5-15(8-12)24-2)11-22-18(23)21-10-13-6-7-14(19)9-16(13)20/h3-9,11H,10H2,1-2H3,(H,21,22). The van der Waals surface area contributed by atoms with Crippen LogP contribution in [0.25, 0.3) is 11.3 Å². The molecular formula is C18H17F2N3O. The minimum absolute atomic E-state index is 0.217. The van der Waals surface area contributed by atoms with Crippen molar-refractivity contribution in [2.75, 3.05) is 12.4 Å². The molecule has 0 saturated carbocycles. The Bertz CT molecular complexity index is 861. The zero-order valence-corrected chi connectivity index (χ0v) is 13.4. The van der Waals surface area contributed by atoms with Gasteiger partial charge in [-0.15, -0.1) is 0 Å². The van der Waals surface area contributed by atoms with Gasteiger partial charge in [0.1, 0.15) is 17.4 Å². The average molecular weight is 329 g/mol. The number of imidazole rings is 1. The quantitative estimate of drug-likeness (QED) is 0.769. The molecule has 0 aliphatic carbocycles. The van der Waals surface area contributed by atoms with E-state index in [9.17, 15) is 8.78 Å². The first-order valence-corrected chi connectivity index (χ1v) is 7.42. The molecule has 0 spiro atoms. The Hall–Kier alpha value is -2.89. The number of halogens is 2. The van der Waals surface area contributed by atoms with E-state index in [-0.39, 0.29) is 6.54 Å². The smallest absolute Gasteiger partial charge is 0.203 e. The van der Waals surface area contributed by atoms with E-state index >= 15 is 0 Å². The van der Waals surface area contributed by atoms with Crippen LogP contribution in [0.4, 0.5) is 14.7 Å². The molecule has 0 amide bonds. The molecule has 0 radical (unpaired) electrons. The molecule has 2 aromatic carbocycles. The van der Waals surface area contributed by atoms with Gasteiger partial charge in [-0.25, -0.2) is 13.8 Å². The van der Waals surface area contributed by atoms with E-state index in [2.05, 4.69) is 10.3 Å². The van der Waals surface area contributed by atoms with Crippen LogP contribution < -0.4 is 10.1 Å². The highest BCUT2D eigenvalue weighted by molar-refractivity contribution is 5.63.